The Bertz CT molecular complexity index is 906. The molecule has 2 nitrogen and oxygen atoms in total. The molecule has 0 aliphatic heterocycles. The molecule has 1 aromatic heterocycles. The number of hydrogen-bond acceptors (Lipinski definition) is 2. The third-order valence-corrected chi connectivity index (χ3v) is 4.43. The number of nitrogens with zero attached hydrogens (tertiary/aromatic N) is 1. The van der Waals surface area contributed by atoms with Crippen molar-refractivity contribution < 1.29 is 4.74 Å². The number of fused-ring (bicyclic) bond motifs is 1. The monoisotopic (exact) mass is 363 g/mol. The second-order valence-corrected chi connectivity index (χ2v) is 6.14. The number of hydrogen-bond donors (Lipinski definition) is 0. The first-order valence-electron chi connectivity index (χ1n) is 6.84. The number of ether oxygens (including phenoxy) is 1. The average Bonchev–Trinajstić information content (AvgIpc) is 2.56. The number of methoxy groups -OCH3 is 1. The standard InChI is InChI=1S/C18H12Cl3NO/c1-23-13-5-7-18-14(10-13)16(20)9-12(22-18)4-2-11-3-6-15(19)17(21)8-11/h2-10H,1H3. The van der Waals surface area contributed by atoms with Gasteiger partial charge in [0.1, 0.15) is 5.75 Å². The summed E-state index contributed by atoms with van der Waals surface area (Å²) in [6.07, 6.45) is 3.80. The van der Waals surface area contributed by atoms with Crippen LogP contribution in [0.1, 0.15) is 11.3 Å². The molecule has 0 radical (unpaired) electrons. The molecule has 1 heterocycles. The summed E-state index contributed by atoms with van der Waals surface area (Å²) < 4.78 is 5.21. The van der Waals surface area contributed by atoms with E-state index < -0.39 is 0 Å². The van der Waals surface area contributed by atoms with Gasteiger partial charge in [0, 0.05) is 5.39 Å². The number of halogens is 3. The topological polar surface area (TPSA) is 22.1 Å². The molecule has 0 N–H and O–H groups in total. The first-order valence-corrected chi connectivity index (χ1v) is 7.97. The highest BCUT2D eigenvalue weighted by Crippen LogP contribution is 2.28. The predicted octanol–water partition coefficient (Wildman–Crippen LogP) is 6.37. The van der Waals surface area contributed by atoms with E-state index in [4.69, 9.17) is 39.5 Å². The molecule has 0 amide bonds. The highest BCUT2D eigenvalue weighted by Gasteiger charge is 2.04. The molecule has 0 fully saturated rings. The van der Waals surface area contributed by atoms with Gasteiger partial charge in [-0.15, -0.1) is 0 Å². The fourth-order valence-electron chi connectivity index (χ4n) is 2.19. The second kappa shape index (κ2) is 6.79. The van der Waals surface area contributed by atoms with E-state index in [0.717, 1.165) is 27.9 Å². The second-order valence-electron chi connectivity index (χ2n) is 4.92. The molecule has 116 valence electrons. The highest BCUT2D eigenvalue weighted by molar-refractivity contribution is 6.42. The van der Waals surface area contributed by atoms with E-state index in [2.05, 4.69) is 4.98 Å². The van der Waals surface area contributed by atoms with Crippen molar-refractivity contribution in [1.29, 1.82) is 0 Å². The van der Waals surface area contributed by atoms with Gasteiger partial charge >= 0.3 is 0 Å². The summed E-state index contributed by atoms with van der Waals surface area (Å²) in [5.41, 5.74) is 2.51. The summed E-state index contributed by atoms with van der Waals surface area (Å²) in [5, 5.41) is 2.54. The Morgan fingerprint density at radius 2 is 1.70 bits per heavy atom. The lowest BCUT2D eigenvalue weighted by Crippen LogP contribution is -1.87. The third-order valence-electron chi connectivity index (χ3n) is 3.38. The van der Waals surface area contributed by atoms with E-state index in [9.17, 15) is 0 Å². The van der Waals surface area contributed by atoms with Crippen LogP contribution >= 0.6 is 34.8 Å². The molecule has 0 aliphatic rings. The van der Waals surface area contributed by atoms with Gasteiger partial charge in [-0.25, -0.2) is 4.98 Å². The Balaban J connectivity index is 1.96. The lowest BCUT2D eigenvalue weighted by atomic mass is 10.1. The molecule has 0 atom stereocenters. The predicted molar refractivity (Wildman–Crippen MR) is 98.7 cm³/mol. The Morgan fingerprint density at radius 3 is 2.43 bits per heavy atom. The lowest BCUT2D eigenvalue weighted by Gasteiger charge is -2.05. The van der Waals surface area contributed by atoms with Crippen molar-refractivity contribution in [2.75, 3.05) is 7.11 Å². The minimum Gasteiger partial charge on any atom is -0.497 e. The number of benzene rings is 2. The molecular formula is C18H12Cl3NO. The van der Waals surface area contributed by atoms with Crippen molar-refractivity contribution in [2.45, 2.75) is 0 Å². The molecule has 23 heavy (non-hydrogen) atoms. The Hall–Kier alpha value is -1.74. The zero-order valence-electron chi connectivity index (χ0n) is 12.2. The lowest BCUT2D eigenvalue weighted by molar-refractivity contribution is 0.415. The molecule has 3 rings (SSSR count). The zero-order chi connectivity index (χ0) is 16.4. The molecular weight excluding hydrogens is 353 g/mol. The van der Waals surface area contributed by atoms with Crippen molar-refractivity contribution in [1.82, 2.24) is 4.98 Å². The van der Waals surface area contributed by atoms with Crippen LogP contribution in [-0.2, 0) is 0 Å². The summed E-state index contributed by atoms with van der Waals surface area (Å²) >= 11 is 18.3. The van der Waals surface area contributed by atoms with E-state index >= 15 is 0 Å². The summed E-state index contributed by atoms with van der Waals surface area (Å²) in [4.78, 5) is 4.58. The fourth-order valence-corrected chi connectivity index (χ4v) is 2.76. The summed E-state index contributed by atoms with van der Waals surface area (Å²) in [6, 6.07) is 12.9. The molecule has 0 spiro atoms. The normalized spacial score (nSPS) is 11.3. The maximum absolute atomic E-state index is 6.35. The first kappa shape index (κ1) is 16.1. The molecule has 0 aliphatic carbocycles. The molecule has 3 aromatic rings. The van der Waals surface area contributed by atoms with Gasteiger partial charge in [0.25, 0.3) is 0 Å². The van der Waals surface area contributed by atoms with Crippen LogP contribution in [0.5, 0.6) is 5.75 Å². The van der Waals surface area contributed by atoms with Gasteiger partial charge in [-0.3, -0.25) is 0 Å². The van der Waals surface area contributed by atoms with Crippen LogP contribution in [0.25, 0.3) is 23.1 Å². The van der Waals surface area contributed by atoms with Gasteiger partial charge in [0.15, 0.2) is 0 Å². The van der Waals surface area contributed by atoms with Gasteiger partial charge in [0.05, 0.1) is 33.4 Å². The zero-order valence-corrected chi connectivity index (χ0v) is 14.5. The molecule has 2 aromatic carbocycles. The third kappa shape index (κ3) is 3.61. The maximum atomic E-state index is 6.35. The first-order chi connectivity index (χ1) is 11.1. The van der Waals surface area contributed by atoms with Crippen LogP contribution in [0.3, 0.4) is 0 Å². The minimum absolute atomic E-state index is 0.519. The smallest absolute Gasteiger partial charge is 0.119 e. The highest BCUT2D eigenvalue weighted by atomic mass is 35.5. The Labute approximate surface area is 149 Å². The van der Waals surface area contributed by atoms with Crippen molar-refractivity contribution in [2.24, 2.45) is 0 Å². The Morgan fingerprint density at radius 1 is 0.870 bits per heavy atom. The van der Waals surface area contributed by atoms with Crippen molar-refractivity contribution in [3.8, 4) is 5.75 Å². The molecule has 5 heteroatoms. The minimum atomic E-state index is 0.519. The Kier molecular flexibility index (Phi) is 4.76. The van der Waals surface area contributed by atoms with Crippen LogP contribution < -0.4 is 4.74 Å². The molecule has 0 unspecified atom stereocenters. The van der Waals surface area contributed by atoms with E-state index in [-0.39, 0.29) is 0 Å². The van der Waals surface area contributed by atoms with Crippen LogP contribution in [0.2, 0.25) is 15.1 Å². The van der Waals surface area contributed by atoms with Gasteiger partial charge in [-0.2, -0.15) is 0 Å². The van der Waals surface area contributed by atoms with Crippen molar-refractivity contribution >= 4 is 57.9 Å². The summed E-state index contributed by atoms with van der Waals surface area (Å²) in [6.45, 7) is 0. The number of pyridine rings is 1. The van der Waals surface area contributed by atoms with E-state index in [1.807, 2.05) is 42.5 Å². The molecule has 0 saturated heterocycles. The fraction of sp³-hybridized carbons (Fsp3) is 0.0556. The average molecular weight is 365 g/mol. The van der Waals surface area contributed by atoms with Crippen LogP contribution in [-0.4, -0.2) is 12.1 Å². The number of rotatable bonds is 3. The van der Waals surface area contributed by atoms with Crippen LogP contribution in [0, 0.1) is 0 Å². The van der Waals surface area contributed by atoms with Crippen LogP contribution in [0.15, 0.2) is 42.5 Å². The largest absolute Gasteiger partial charge is 0.497 e. The van der Waals surface area contributed by atoms with Gasteiger partial charge in [-0.05, 0) is 48.0 Å². The van der Waals surface area contributed by atoms with Crippen LogP contribution in [0.4, 0.5) is 0 Å². The quantitative estimate of drug-likeness (QED) is 0.538. The van der Waals surface area contributed by atoms with Gasteiger partial charge in [0.2, 0.25) is 0 Å². The van der Waals surface area contributed by atoms with Gasteiger partial charge in [-0.1, -0.05) is 46.9 Å². The van der Waals surface area contributed by atoms with Crippen molar-refractivity contribution in [3.63, 3.8) is 0 Å². The molecule has 0 saturated carbocycles. The maximum Gasteiger partial charge on any atom is 0.119 e. The number of aromatic nitrogens is 1. The summed E-state index contributed by atoms with van der Waals surface area (Å²) in [7, 11) is 1.62. The molecule has 0 bridgehead atoms. The summed E-state index contributed by atoms with van der Waals surface area (Å²) in [5.74, 6) is 0.750. The van der Waals surface area contributed by atoms with Gasteiger partial charge < -0.3 is 4.74 Å². The van der Waals surface area contributed by atoms with Crippen molar-refractivity contribution in [3.05, 3.63) is 68.8 Å². The SMILES string of the molecule is COc1ccc2nc(C=Cc3ccc(Cl)c(Cl)c3)cc(Cl)c2c1. The van der Waals surface area contributed by atoms with E-state index in [0.29, 0.717) is 15.1 Å². The van der Waals surface area contributed by atoms with E-state index in [1.165, 1.54) is 0 Å². The van der Waals surface area contributed by atoms with E-state index in [1.54, 1.807) is 19.2 Å².